The first kappa shape index (κ1) is 25.0. The molecule has 2 N–H and O–H groups in total. The molecule has 39 heavy (non-hydrogen) atoms. The van der Waals surface area contributed by atoms with E-state index >= 15 is 0 Å². The highest BCUT2D eigenvalue weighted by Crippen LogP contribution is 2.39. The van der Waals surface area contributed by atoms with E-state index in [0.29, 0.717) is 44.0 Å². The predicted octanol–water partition coefficient (Wildman–Crippen LogP) is 5.85. The molecule has 0 aliphatic carbocycles. The van der Waals surface area contributed by atoms with Crippen LogP contribution in [0.1, 0.15) is 54.7 Å². The minimum Gasteiger partial charge on any atom is -0.507 e. The Morgan fingerprint density at radius 1 is 1.03 bits per heavy atom. The molecule has 1 atom stereocenters. The van der Waals surface area contributed by atoms with E-state index in [-0.39, 0.29) is 29.2 Å². The van der Waals surface area contributed by atoms with E-state index in [2.05, 4.69) is 5.32 Å². The Bertz CT molecular complexity index is 1550. The van der Waals surface area contributed by atoms with Crippen LogP contribution < -0.4 is 14.8 Å². The second-order valence-corrected chi connectivity index (χ2v) is 10.7. The first-order valence-electron chi connectivity index (χ1n) is 13.0. The van der Waals surface area contributed by atoms with Gasteiger partial charge in [-0.2, -0.15) is 0 Å². The number of nitrogens with zero attached hydrogens (tertiary/aromatic N) is 1. The minimum absolute atomic E-state index is 0.0333. The number of phenolic OH excluding ortho intramolecular Hbond substituents is 1. The fourth-order valence-corrected chi connectivity index (χ4v) is 6.05. The van der Waals surface area contributed by atoms with Crippen LogP contribution in [0.15, 0.2) is 72.1 Å². The number of nitrogens with one attached hydrogen (secondary N) is 1. The van der Waals surface area contributed by atoms with Gasteiger partial charge in [0, 0.05) is 13.1 Å². The summed E-state index contributed by atoms with van der Waals surface area (Å²) in [6.07, 6.45) is 1.28. The van der Waals surface area contributed by atoms with Gasteiger partial charge in [-0.25, -0.2) is 0 Å². The molecule has 6 heterocycles. The zero-order valence-electron chi connectivity index (χ0n) is 21.5. The highest BCUT2D eigenvalue weighted by Gasteiger charge is 2.34. The van der Waals surface area contributed by atoms with Crippen molar-refractivity contribution in [1.82, 2.24) is 10.2 Å². The van der Waals surface area contributed by atoms with Gasteiger partial charge in [-0.3, -0.25) is 9.59 Å². The van der Waals surface area contributed by atoms with Crippen molar-refractivity contribution in [3.05, 3.63) is 105 Å². The Morgan fingerprint density at radius 3 is 2.59 bits per heavy atom. The number of carbonyl (C=O) groups excluding carboxylic acids is 2. The Labute approximate surface area is 230 Å². The molecular formula is C31H28N2O5S. The molecule has 8 bridgehead atoms. The van der Waals surface area contributed by atoms with Crippen LogP contribution in [0.2, 0.25) is 0 Å². The quantitative estimate of drug-likeness (QED) is 0.316. The lowest BCUT2D eigenvalue weighted by Gasteiger charge is -2.38. The number of aryl methyl sites for hydroxylation is 1. The van der Waals surface area contributed by atoms with Crippen molar-refractivity contribution >= 4 is 23.2 Å². The molecule has 1 unspecified atom stereocenters. The van der Waals surface area contributed by atoms with Gasteiger partial charge in [-0.1, -0.05) is 18.2 Å². The molecule has 0 saturated heterocycles. The highest BCUT2D eigenvalue weighted by molar-refractivity contribution is 7.12. The summed E-state index contributed by atoms with van der Waals surface area (Å²) in [5.74, 6) is 1.35. The normalized spacial score (nSPS) is 16.9. The van der Waals surface area contributed by atoms with Gasteiger partial charge in [0.1, 0.15) is 23.0 Å². The predicted molar refractivity (Wildman–Crippen MR) is 149 cm³/mol. The van der Waals surface area contributed by atoms with Crippen molar-refractivity contribution in [3.8, 4) is 23.0 Å². The molecule has 198 valence electrons. The van der Waals surface area contributed by atoms with E-state index in [1.165, 1.54) is 17.4 Å². The maximum atomic E-state index is 13.7. The number of benzene rings is 3. The first-order valence-corrected chi connectivity index (χ1v) is 13.9. The Hall–Kier alpha value is -4.30. The van der Waals surface area contributed by atoms with Gasteiger partial charge < -0.3 is 24.8 Å². The third-order valence-electron chi connectivity index (χ3n) is 7.18. The van der Waals surface area contributed by atoms with Crippen LogP contribution in [0.3, 0.4) is 0 Å². The van der Waals surface area contributed by atoms with Gasteiger partial charge >= 0.3 is 0 Å². The zero-order valence-corrected chi connectivity index (χ0v) is 22.3. The maximum absolute atomic E-state index is 13.7. The van der Waals surface area contributed by atoms with E-state index in [9.17, 15) is 14.7 Å². The molecule has 8 heteroatoms. The smallest absolute Gasteiger partial charge is 0.264 e. The van der Waals surface area contributed by atoms with Crippen LogP contribution in [0.4, 0.5) is 0 Å². The molecule has 5 aliphatic heterocycles. The summed E-state index contributed by atoms with van der Waals surface area (Å²) in [5, 5.41) is 15.1. The lowest BCUT2D eigenvalue weighted by molar-refractivity contribution is 0.0698. The topological polar surface area (TPSA) is 88.1 Å². The number of hydrogen-bond donors (Lipinski definition) is 2. The molecule has 1 aromatic heterocycles. The van der Waals surface area contributed by atoms with Crippen molar-refractivity contribution in [2.75, 3.05) is 19.7 Å². The summed E-state index contributed by atoms with van der Waals surface area (Å²) < 4.78 is 12.0. The van der Waals surface area contributed by atoms with Crippen LogP contribution in [0, 0.1) is 6.92 Å². The number of rotatable bonds is 1. The Kier molecular flexibility index (Phi) is 6.70. The standard InChI is InChI=1S/C31H28N2O5S/c1-19-12-16-39-29(19)31(36)33-14-11-21-17-23-7-9-25(21)28(33)20-3-5-22(6-4-20)37-15-2-13-32-30(35)26-18-24(38-23)8-10-27(26)34/h3-10,12,16-18,28,34H,2,11,13-15H2,1H3,(H,32,35). The number of hydrogen-bond acceptors (Lipinski definition) is 6. The third-order valence-corrected chi connectivity index (χ3v) is 8.18. The van der Waals surface area contributed by atoms with E-state index in [4.69, 9.17) is 9.47 Å². The average molecular weight is 541 g/mol. The second-order valence-electron chi connectivity index (χ2n) is 9.75. The fourth-order valence-electron chi connectivity index (χ4n) is 5.17. The zero-order chi connectivity index (χ0) is 26.9. The summed E-state index contributed by atoms with van der Waals surface area (Å²) in [7, 11) is 0. The third kappa shape index (κ3) is 4.95. The first-order chi connectivity index (χ1) is 19.0. The summed E-state index contributed by atoms with van der Waals surface area (Å²) >= 11 is 1.48. The minimum atomic E-state index is -0.376. The molecule has 4 aromatic rings. The lowest BCUT2D eigenvalue weighted by Crippen LogP contribution is -2.40. The van der Waals surface area contributed by atoms with E-state index in [1.807, 2.05) is 65.7 Å². The monoisotopic (exact) mass is 540 g/mol. The van der Waals surface area contributed by atoms with Crippen molar-refractivity contribution in [2.45, 2.75) is 25.8 Å². The van der Waals surface area contributed by atoms with Gasteiger partial charge in [0.05, 0.1) is 23.1 Å². The van der Waals surface area contributed by atoms with Gasteiger partial charge in [0.25, 0.3) is 11.8 Å². The summed E-state index contributed by atoms with van der Waals surface area (Å²) in [6.45, 7) is 3.36. The summed E-state index contributed by atoms with van der Waals surface area (Å²) in [6, 6.07) is 20.2. The molecule has 0 fully saturated rings. The van der Waals surface area contributed by atoms with E-state index in [0.717, 1.165) is 32.9 Å². The van der Waals surface area contributed by atoms with Crippen molar-refractivity contribution in [1.29, 1.82) is 0 Å². The van der Waals surface area contributed by atoms with Crippen LogP contribution in [-0.2, 0) is 6.42 Å². The molecule has 0 spiro atoms. The Balaban J connectivity index is 1.42. The largest absolute Gasteiger partial charge is 0.507 e. The van der Waals surface area contributed by atoms with Crippen molar-refractivity contribution < 1.29 is 24.2 Å². The molecule has 5 aliphatic rings. The molecule has 0 saturated carbocycles. The van der Waals surface area contributed by atoms with Crippen LogP contribution in [0.5, 0.6) is 23.0 Å². The SMILES string of the molecule is Cc1ccsc1C(=O)N1CCc2cc3ccc2C1c1ccc(cc1)OCCCNC(=O)c1cc(ccc1O)O3. The lowest BCUT2D eigenvalue weighted by atomic mass is 9.87. The number of aromatic hydroxyl groups is 1. The van der Waals surface area contributed by atoms with Crippen molar-refractivity contribution in [2.24, 2.45) is 0 Å². The van der Waals surface area contributed by atoms with Gasteiger partial charge in [0.15, 0.2) is 0 Å². The number of ether oxygens (including phenoxy) is 2. The summed E-state index contributed by atoms with van der Waals surface area (Å²) in [4.78, 5) is 29.2. The fraction of sp³-hybridized carbons (Fsp3) is 0.226. The van der Waals surface area contributed by atoms with E-state index in [1.54, 1.807) is 12.1 Å². The number of carbonyl (C=O) groups is 2. The van der Waals surface area contributed by atoms with E-state index < -0.39 is 0 Å². The summed E-state index contributed by atoms with van der Waals surface area (Å²) in [5.41, 5.74) is 4.29. The number of amides is 2. The molecular weight excluding hydrogens is 512 g/mol. The maximum Gasteiger partial charge on any atom is 0.264 e. The average Bonchev–Trinajstić information content (AvgIpc) is 3.38. The van der Waals surface area contributed by atoms with Gasteiger partial charge in [0.2, 0.25) is 0 Å². The molecule has 0 radical (unpaired) electrons. The van der Waals surface area contributed by atoms with Crippen LogP contribution >= 0.6 is 11.3 Å². The van der Waals surface area contributed by atoms with Gasteiger partial charge in [-0.05, 0) is 95.9 Å². The molecule has 9 rings (SSSR count). The van der Waals surface area contributed by atoms with Crippen molar-refractivity contribution in [3.63, 3.8) is 0 Å². The second kappa shape index (κ2) is 10.5. The Morgan fingerprint density at radius 2 is 1.79 bits per heavy atom. The number of phenols is 1. The van der Waals surface area contributed by atoms with Crippen LogP contribution in [-0.4, -0.2) is 41.5 Å². The highest BCUT2D eigenvalue weighted by atomic mass is 32.1. The molecule has 7 nitrogen and oxygen atoms in total. The number of thiophene rings is 1. The molecule has 2 amide bonds. The molecule has 3 aromatic carbocycles. The van der Waals surface area contributed by atoms with Crippen LogP contribution in [0.25, 0.3) is 0 Å². The van der Waals surface area contributed by atoms with Gasteiger partial charge in [-0.15, -0.1) is 11.3 Å².